The Morgan fingerprint density at radius 1 is 1.16 bits per heavy atom. The number of aromatic nitrogens is 1. The molecular formula is C19H18N2O3S. The number of nitrogens with zero attached hydrogens (tertiary/aromatic N) is 1. The minimum atomic E-state index is -0.234. The first-order chi connectivity index (χ1) is 12.2. The van der Waals surface area contributed by atoms with Crippen LogP contribution in [0.3, 0.4) is 0 Å². The lowest BCUT2D eigenvalue weighted by Gasteiger charge is -2.12. The highest BCUT2D eigenvalue weighted by atomic mass is 32.1. The molecule has 0 bridgehead atoms. The van der Waals surface area contributed by atoms with E-state index in [1.54, 1.807) is 25.3 Å². The molecule has 0 aliphatic heterocycles. The predicted octanol–water partition coefficient (Wildman–Crippen LogP) is 4.29. The van der Waals surface area contributed by atoms with Gasteiger partial charge in [0.1, 0.15) is 6.61 Å². The second-order valence-corrected chi connectivity index (χ2v) is 6.25. The molecule has 0 unspecified atom stereocenters. The molecule has 3 rings (SSSR count). The quantitative estimate of drug-likeness (QED) is 0.717. The van der Waals surface area contributed by atoms with Crippen molar-refractivity contribution in [2.45, 2.75) is 13.5 Å². The molecule has 25 heavy (non-hydrogen) atoms. The number of aryl methyl sites for hydroxylation is 1. The normalized spacial score (nSPS) is 10.3. The Labute approximate surface area is 150 Å². The van der Waals surface area contributed by atoms with Gasteiger partial charge in [0.2, 0.25) is 0 Å². The molecule has 2 aromatic carbocycles. The third-order valence-corrected chi connectivity index (χ3v) is 4.38. The van der Waals surface area contributed by atoms with E-state index in [-0.39, 0.29) is 5.91 Å². The highest BCUT2D eigenvalue weighted by Crippen LogP contribution is 2.29. The average molecular weight is 354 g/mol. The molecule has 0 saturated carbocycles. The molecule has 0 radical (unpaired) electrons. The monoisotopic (exact) mass is 354 g/mol. The summed E-state index contributed by atoms with van der Waals surface area (Å²) < 4.78 is 11.2. The molecule has 3 aromatic rings. The number of nitrogens with one attached hydrogen (secondary N) is 1. The molecule has 1 N–H and O–H groups in total. The summed E-state index contributed by atoms with van der Waals surface area (Å²) >= 11 is 1.39. The van der Waals surface area contributed by atoms with E-state index in [2.05, 4.69) is 10.3 Å². The molecule has 128 valence electrons. The van der Waals surface area contributed by atoms with Crippen molar-refractivity contribution in [1.82, 2.24) is 4.98 Å². The van der Waals surface area contributed by atoms with Crippen LogP contribution >= 0.6 is 11.3 Å². The molecule has 0 atom stereocenters. The summed E-state index contributed by atoms with van der Waals surface area (Å²) in [5.74, 6) is 0.870. The summed E-state index contributed by atoms with van der Waals surface area (Å²) in [5.41, 5.74) is 2.42. The Bertz CT molecular complexity index is 862. The van der Waals surface area contributed by atoms with Gasteiger partial charge < -0.3 is 9.47 Å². The molecule has 0 spiro atoms. The average Bonchev–Trinajstić information content (AvgIpc) is 3.05. The molecule has 0 aliphatic rings. The lowest BCUT2D eigenvalue weighted by Crippen LogP contribution is -2.12. The van der Waals surface area contributed by atoms with E-state index in [1.807, 2.05) is 42.6 Å². The number of hydrogen-bond acceptors (Lipinski definition) is 5. The minimum absolute atomic E-state index is 0.234. The van der Waals surface area contributed by atoms with Crippen molar-refractivity contribution in [3.63, 3.8) is 0 Å². The summed E-state index contributed by atoms with van der Waals surface area (Å²) in [6, 6.07) is 15.0. The van der Waals surface area contributed by atoms with Crippen molar-refractivity contribution in [3.8, 4) is 11.5 Å². The van der Waals surface area contributed by atoms with Gasteiger partial charge in [-0.2, -0.15) is 0 Å². The van der Waals surface area contributed by atoms with Crippen LogP contribution in [-0.2, 0) is 6.61 Å². The van der Waals surface area contributed by atoms with Crippen molar-refractivity contribution in [3.05, 3.63) is 70.7 Å². The maximum Gasteiger partial charge on any atom is 0.257 e. The Morgan fingerprint density at radius 3 is 2.64 bits per heavy atom. The molecule has 5 nitrogen and oxygen atoms in total. The van der Waals surface area contributed by atoms with E-state index in [4.69, 9.17) is 9.47 Å². The third kappa shape index (κ3) is 4.36. The van der Waals surface area contributed by atoms with E-state index >= 15 is 0 Å². The predicted molar refractivity (Wildman–Crippen MR) is 98.6 cm³/mol. The van der Waals surface area contributed by atoms with Gasteiger partial charge >= 0.3 is 0 Å². The number of rotatable bonds is 6. The zero-order chi connectivity index (χ0) is 17.6. The van der Waals surface area contributed by atoms with Crippen LogP contribution in [0.15, 0.2) is 53.9 Å². The van der Waals surface area contributed by atoms with Gasteiger partial charge in [0.05, 0.1) is 12.8 Å². The number of benzene rings is 2. The number of anilines is 1. The summed E-state index contributed by atoms with van der Waals surface area (Å²) in [6.45, 7) is 2.31. The van der Waals surface area contributed by atoms with Crippen molar-refractivity contribution >= 4 is 22.4 Å². The van der Waals surface area contributed by atoms with E-state index in [9.17, 15) is 4.79 Å². The third-order valence-electron chi connectivity index (χ3n) is 3.50. The Hall–Kier alpha value is -2.86. The van der Waals surface area contributed by atoms with Gasteiger partial charge in [-0.25, -0.2) is 4.98 Å². The van der Waals surface area contributed by atoms with Crippen LogP contribution in [0.1, 0.15) is 21.6 Å². The summed E-state index contributed by atoms with van der Waals surface area (Å²) in [7, 11) is 1.55. The second kappa shape index (κ2) is 7.81. The summed E-state index contributed by atoms with van der Waals surface area (Å²) in [5, 5.41) is 5.24. The van der Waals surface area contributed by atoms with Gasteiger partial charge in [0.15, 0.2) is 16.6 Å². The molecule has 0 fully saturated rings. The number of ether oxygens (including phenoxy) is 2. The summed E-state index contributed by atoms with van der Waals surface area (Å²) in [4.78, 5) is 16.6. The number of hydrogen-bond donors (Lipinski definition) is 1. The van der Waals surface area contributed by atoms with E-state index in [0.29, 0.717) is 28.8 Å². The summed E-state index contributed by atoms with van der Waals surface area (Å²) in [6.07, 6.45) is 0. The van der Waals surface area contributed by atoms with Gasteiger partial charge in [-0.05, 0) is 30.7 Å². The highest BCUT2D eigenvalue weighted by molar-refractivity contribution is 7.13. The molecule has 1 heterocycles. The van der Waals surface area contributed by atoms with Crippen LogP contribution in [0, 0.1) is 6.92 Å². The number of thiazole rings is 1. The number of methoxy groups -OCH3 is 1. The Kier molecular flexibility index (Phi) is 5.30. The van der Waals surface area contributed by atoms with Crippen LogP contribution in [0.25, 0.3) is 0 Å². The standard InChI is InChI=1S/C19H18N2O3S/c1-13-12-25-19(20-13)21-18(22)15-8-9-16(17(10-15)23-2)24-11-14-6-4-3-5-7-14/h3-10,12H,11H2,1-2H3,(H,20,21,22). The molecule has 6 heteroatoms. The van der Waals surface area contributed by atoms with Gasteiger partial charge in [0, 0.05) is 10.9 Å². The highest BCUT2D eigenvalue weighted by Gasteiger charge is 2.13. The maximum absolute atomic E-state index is 12.3. The maximum atomic E-state index is 12.3. The van der Waals surface area contributed by atoms with E-state index in [0.717, 1.165) is 11.3 Å². The van der Waals surface area contributed by atoms with Crippen LogP contribution < -0.4 is 14.8 Å². The SMILES string of the molecule is COc1cc(C(=O)Nc2nc(C)cs2)ccc1OCc1ccccc1. The Morgan fingerprint density at radius 2 is 1.96 bits per heavy atom. The second-order valence-electron chi connectivity index (χ2n) is 5.39. The molecule has 1 amide bonds. The van der Waals surface area contributed by atoms with E-state index in [1.165, 1.54) is 11.3 Å². The van der Waals surface area contributed by atoms with Crippen LogP contribution in [0.2, 0.25) is 0 Å². The van der Waals surface area contributed by atoms with Crippen LogP contribution in [0.4, 0.5) is 5.13 Å². The lowest BCUT2D eigenvalue weighted by molar-refractivity contribution is 0.102. The molecule has 0 aliphatic carbocycles. The lowest BCUT2D eigenvalue weighted by atomic mass is 10.2. The fraction of sp³-hybridized carbons (Fsp3) is 0.158. The largest absolute Gasteiger partial charge is 0.493 e. The fourth-order valence-electron chi connectivity index (χ4n) is 2.24. The zero-order valence-electron chi connectivity index (χ0n) is 14.0. The van der Waals surface area contributed by atoms with Gasteiger partial charge in [0.25, 0.3) is 5.91 Å². The molecule has 0 saturated heterocycles. The van der Waals surface area contributed by atoms with Gasteiger partial charge in [-0.1, -0.05) is 30.3 Å². The van der Waals surface area contributed by atoms with Gasteiger partial charge in [-0.3, -0.25) is 10.1 Å². The van der Waals surface area contributed by atoms with Gasteiger partial charge in [-0.15, -0.1) is 11.3 Å². The topological polar surface area (TPSA) is 60.5 Å². The number of carbonyl (C=O) groups is 1. The first kappa shape index (κ1) is 17.0. The van der Waals surface area contributed by atoms with Crippen molar-refractivity contribution < 1.29 is 14.3 Å². The molecular weight excluding hydrogens is 336 g/mol. The van der Waals surface area contributed by atoms with Crippen molar-refractivity contribution in [2.75, 3.05) is 12.4 Å². The number of amides is 1. The van der Waals surface area contributed by atoms with Crippen LogP contribution in [-0.4, -0.2) is 18.0 Å². The van der Waals surface area contributed by atoms with Crippen molar-refractivity contribution in [2.24, 2.45) is 0 Å². The minimum Gasteiger partial charge on any atom is -0.493 e. The first-order valence-corrected chi connectivity index (χ1v) is 8.62. The Balaban J connectivity index is 1.71. The first-order valence-electron chi connectivity index (χ1n) is 7.74. The number of carbonyl (C=O) groups excluding carboxylic acids is 1. The molecule has 1 aromatic heterocycles. The smallest absolute Gasteiger partial charge is 0.257 e. The van der Waals surface area contributed by atoms with E-state index < -0.39 is 0 Å². The van der Waals surface area contributed by atoms with Crippen molar-refractivity contribution in [1.29, 1.82) is 0 Å². The fourth-order valence-corrected chi connectivity index (χ4v) is 2.93. The van der Waals surface area contributed by atoms with Crippen LogP contribution in [0.5, 0.6) is 11.5 Å². The zero-order valence-corrected chi connectivity index (χ0v) is 14.8.